The lowest BCUT2D eigenvalue weighted by atomic mass is 10.1. The molecule has 0 aliphatic heterocycles. The van der Waals surface area contributed by atoms with Gasteiger partial charge in [0, 0.05) is 18.3 Å². The second-order valence-electron chi connectivity index (χ2n) is 7.46. The third kappa shape index (κ3) is 4.91. The van der Waals surface area contributed by atoms with Gasteiger partial charge in [-0.05, 0) is 50.5 Å². The molecule has 0 aliphatic rings. The van der Waals surface area contributed by atoms with E-state index in [4.69, 9.17) is 9.84 Å². The molecule has 0 saturated heterocycles. The van der Waals surface area contributed by atoms with Crippen molar-refractivity contribution in [1.82, 2.24) is 9.78 Å². The second kappa shape index (κ2) is 8.88. The predicted molar refractivity (Wildman–Crippen MR) is 116 cm³/mol. The summed E-state index contributed by atoms with van der Waals surface area (Å²) >= 11 is 0. The van der Waals surface area contributed by atoms with E-state index in [-0.39, 0.29) is 22.7 Å². The zero-order valence-corrected chi connectivity index (χ0v) is 17.9. The maximum Gasteiger partial charge on any atom is 0.338 e. The quantitative estimate of drug-likeness (QED) is 0.412. The minimum absolute atomic E-state index is 0.0560. The van der Waals surface area contributed by atoms with Crippen LogP contribution < -0.4 is 10.1 Å². The van der Waals surface area contributed by atoms with Crippen LogP contribution in [-0.2, 0) is 4.79 Å². The predicted octanol–water partition coefficient (Wildman–Crippen LogP) is 4.41. The summed E-state index contributed by atoms with van der Waals surface area (Å²) in [6.07, 6.45) is 2.37. The molecule has 0 bridgehead atoms. The molecule has 0 radical (unpaired) electrons. The van der Waals surface area contributed by atoms with E-state index in [2.05, 4.69) is 10.4 Å². The van der Waals surface area contributed by atoms with Gasteiger partial charge in [0.05, 0.1) is 28.4 Å². The van der Waals surface area contributed by atoms with E-state index < -0.39 is 22.8 Å². The van der Waals surface area contributed by atoms with Gasteiger partial charge in [-0.15, -0.1) is 0 Å². The first-order valence-corrected chi connectivity index (χ1v) is 9.68. The molecule has 3 aromatic rings. The zero-order chi connectivity index (χ0) is 23.6. The Morgan fingerprint density at radius 3 is 2.53 bits per heavy atom. The highest BCUT2D eigenvalue weighted by molar-refractivity contribution is 5.94. The highest BCUT2D eigenvalue weighted by atomic mass is 16.6. The molecule has 32 heavy (non-hydrogen) atoms. The van der Waals surface area contributed by atoms with Crippen molar-refractivity contribution in [3.8, 4) is 11.5 Å². The molecule has 1 amide bonds. The van der Waals surface area contributed by atoms with Gasteiger partial charge < -0.3 is 15.2 Å². The minimum atomic E-state index is -1.16. The summed E-state index contributed by atoms with van der Waals surface area (Å²) in [5.41, 5.74) is 2.76. The van der Waals surface area contributed by atoms with Gasteiger partial charge in [-0.1, -0.05) is 6.07 Å². The molecule has 2 aromatic carbocycles. The molecular weight excluding hydrogens is 416 g/mol. The highest BCUT2D eigenvalue weighted by Gasteiger charge is 2.20. The average molecular weight is 438 g/mol. The number of anilines is 1. The van der Waals surface area contributed by atoms with Crippen LogP contribution in [0.1, 0.15) is 40.0 Å². The van der Waals surface area contributed by atoms with Crippen molar-refractivity contribution in [3.05, 3.63) is 75.1 Å². The third-order valence-corrected chi connectivity index (χ3v) is 4.99. The maximum absolute atomic E-state index is 12.7. The molecule has 1 aromatic heterocycles. The first-order valence-electron chi connectivity index (χ1n) is 9.68. The standard InChI is InChI=1S/C22H22N4O6/c1-12-5-13(2)14(3)20(6-12)32-19-8-17(7-18(9-19)26(30)31)24-21(27)15(4)25-11-16(10-23-25)22(28)29/h5-11,15H,1-4H3,(H,24,27)(H,28,29). The molecule has 1 atom stereocenters. The molecule has 3 rings (SSSR count). The first kappa shape index (κ1) is 22.5. The maximum atomic E-state index is 12.7. The van der Waals surface area contributed by atoms with Crippen molar-refractivity contribution in [2.45, 2.75) is 33.7 Å². The molecule has 0 aliphatic carbocycles. The van der Waals surface area contributed by atoms with Crippen LogP contribution in [0.3, 0.4) is 0 Å². The molecule has 166 valence electrons. The van der Waals surface area contributed by atoms with Gasteiger partial charge in [0.1, 0.15) is 17.5 Å². The summed E-state index contributed by atoms with van der Waals surface area (Å²) in [5.74, 6) is -0.932. The lowest BCUT2D eigenvalue weighted by molar-refractivity contribution is -0.384. The summed E-state index contributed by atoms with van der Waals surface area (Å²) < 4.78 is 7.12. The van der Waals surface area contributed by atoms with Gasteiger partial charge in [-0.25, -0.2) is 4.79 Å². The fraction of sp³-hybridized carbons (Fsp3) is 0.227. The number of nitro groups is 1. The number of nitro benzene ring substituents is 1. The van der Waals surface area contributed by atoms with Crippen molar-refractivity contribution in [2.75, 3.05) is 5.32 Å². The van der Waals surface area contributed by atoms with Crippen molar-refractivity contribution in [2.24, 2.45) is 0 Å². The Morgan fingerprint density at radius 1 is 1.19 bits per heavy atom. The number of aryl methyl sites for hydroxylation is 2. The Labute approximate surface area is 183 Å². The van der Waals surface area contributed by atoms with E-state index in [9.17, 15) is 19.7 Å². The van der Waals surface area contributed by atoms with Crippen LogP contribution in [0.2, 0.25) is 0 Å². The van der Waals surface area contributed by atoms with Crippen LogP contribution in [0, 0.1) is 30.9 Å². The molecular formula is C22H22N4O6. The normalized spacial score (nSPS) is 11.6. The number of aromatic nitrogens is 2. The number of nitrogens with zero attached hydrogens (tertiary/aromatic N) is 3. The van der Waals surface area contributed by atoms with E-state index in [1.807, 2.05) is 32.9 Å². The number of carboxylic acids is 1. The van der Waals surface area contributed by atoms with E-state index >= 15 is 0 Å². The van der Waals surface area contributed by atoms with Crippen LogP contribution in [0.25, 0.3) is 0 Å². The Kier molecular flexibility index (Phi) is 6.24. The average Bonchev–Trinajstić information content (AvgIpc) is 3.21. The fourth-order valence-electron chi connectivity index (χ4n) is 3.08. The van der Waals surface area contributed by atoms with Gasteiger partial charge in [0.25, 0.3) is 5.69 Å². The number of aromatic carboxylic acids is 1. The number of rotatable bonds is 7. The summed E-state index contributed by atoms with van der Waals surface area (Å²) in [5, 5.41) is 26.9. The van der Waals surface area contributed by atoms with Crippen LogP contribution in [0.4, 0.5) is 11.4 Å². The summed E-state index contributed by atoms with van der Waals surface area (Å²) in [6, 6.07) is 6.97. The molecule has 2 N–H and O–H groups in total. The van der Waals surface area contributed by atoms with Gasteiger partial charge in [0.15, 0.2) is 0 Å². The number of carbonyl (C=O) groups is 2. The topological polar surface area (TPSA) is 137 Å². The Morgan fingerprint density at radius 2 is 1.91 bits per heavy atom. The molecule has 10 heteroatoms. The Bertz CT molecular complexity index is 1220. The van der Waals surface area contributed by atoms with Crippen molar-refractivity contribution < 1.29 is 24.4 Å². The lowest BCUT2D eigenvalue weighted by Gasteiger charge is -2.15. The van der Waals surface area contributed by atoms with Crippen molar-refractivity contribution >= 4 is 23.3 Å². The molecule has 1 heterocycles. The first-order chi connectivity index (χ1) is 15.0. The summed E-state index contributed by atoms with van der Waals surface area (Å²) in [7, 11) is 0. The van der Waals surface area contributed by atoms with Gasteiger partial charge >= 0.3 is 5.97 Å². The van der Waals surface area contributed by atoms with Gasteiger partial charge in [0.2, 0.25) is 5.91 Å². The summed E-state index contributed by atoms with van der Waals surface area (Å²) in [6.45, 7) is 7.29. The van der Waals surface area contributed by atoms with E-state index in [0.717, 1.165) is 22.9 Å². The molecule has 0 fully saturated rings. The Balaban J connectivity index is 1.88. The number of hydrogen-bond acceptors (Lipinski definition) is 6. The van der Waals surface area contributed by atoms with Crippen LogP contribution in [-0.4, -0.2) is 31.7 Å². The summed E-state index contributed by atoms with van der Waals surface area (Å²) in [4.78, 5) is 34.5. The van der Waals surface area contributed by atoms with Crippen molar-refractivity contribution in [3.63, 3.8) is 0 Å². The number of amides is 1. The SMILES string of the molecule is Cc1cc(C)c(C)c(Oc2cc(NC(=O)C(C)n3cc(C(=O)O)cn3)cc([N+](=O)[O-])c2)c1. The third-order valence-electron chi connectivity index (χ3n) is 4.99. The van der Waals surface area contributed by atoms with Crippen LogP contribution in [0.15, 0.2) is 42.7 Å². The van der Waals surface area contributed by atoms with E-state index in [0.29, 0.717) is 5.75 Å². The lowest BCUT2D eigenvalue weighted by Crippen LogP contribution is -2.24. The second-order valence-corrected chi connectivity index (χ2v) is 7.46. The van der Waals surface area contributed by atoms with Gasteiger partial charge in [-0.3, -0.25) is 19.6 Å². The number of nitrogens with one attached hydrogen (secondary N) is 1. The largest absolute Gasteiger partial charge is 0.478 e. The monoisotopic (exact) mass is 438 g/mol. The number of benzene rings is 2. The zero-order valence-electron chi connectivity index (χ0n) is 17.9. The number of non-ortho nitro benzene ring substituents is 1. The fourth-order valence-corrected chi connectivity index (χ4v) is 3.08. The Hall–Kier alpha value is -4.21. The number of ether oxygens (including phenoxy) is 1. The highest BCUT2D eigenvalue weighted by Crippen LogP contribution is 2.33. The molecule has 0 spiro atoms. The molecule has 1 unspecified atom stereocenters. The number of carbonyl (C=O) groups excluding carboxylic acids is 1. The van der Waals surface area contributed by atoms with E-state index in [1.54, 1.807) is 0 Å². The minimum Gasteiger partial charge on any atom is -0.478 e. The smallest absolute Gasteiger partial charge is 0.338 e. The van der Waals surface area contributed by atoms with Crippen LogP contribution >= 0.6 is 0 Å². The van der Waals surface area contributed by atoms with Gasteiger partial charge in [-0.2, -0.15) is 5.10 Å². The van der Waals surface area contributed by atoms with Crippen molar-refractivity contribution in [1.29, 1.82) is 0 Å². The molecule has 10 nitrogen and oxygen atoms in total. The number of hydrogen-bond donors (Lipinski definition) is 2. The van der Waals surface area contributed by atoms with Crippen LogP contribution in [0.5, 0.6) is 11.5 Å². The molecule has 0 saturated carbocycles. The number of carboxylic acid groups (broad SMARTS) is 1. The van der Waals surface area contributed by atoms with E-state index in [1.165, 1.54) is 36.0 Å².